The van der Waals surface area contributed by atoms with Crippen molar-refractivity contribution in [2.45, 2.75) is 57.0 Å². The Labute approximate surface area is 141 Å². The summed E-state index contributed by atoms with van der Waals surface area (Å²) in [6.45, 7) is 1.09. The Balaban J connectivity index is 1.65. The number of morpholine rings is 1. The lowest BCUT2D eigenvalue weighted by molar-refractivity contribution is -0.160. The molecule has 24 heavy (non-hydrogen) atoms. The molecule has 0 spiro atoms. The first kappa shape index (κ1) is 17.2. The summed E-state index contributed by atoms with van der Waals surface area (Å²) < 4.78 is 5.19. The zero-order valence-electron chi connectivity index (χ0n) is 14.0. The topological polar surface area (TPSA) is 87.1 Å². The molecule has 2 atom stereocenters. The van der Waals surface area contributed by atoms with Crippen LogP contribution in [0.15, 0.2) is 0 Å². The summed E-state index contributed by atoms with van der Waals surface area (Å²) in [6.07, 6.45) is 6.95. The number of aliphatic carboxylic acids is 1. The Kier molecular flexibility index (Phi) is 5.38. The molecule has 1 N–H and O–H groups in total. The second-order valence-corrected chi connectivity index (χ2v) is 7.05. The predicted molar refractivity (Wildman–Crippen MR) is 85.3 cm³/mol. The largest absolute Gasteiger partial charge is 0.480 e. The molecular formula is C17H26N2O5. The molecule has 0 radical (unpaired) electrons. The molecule has 3 fully saturated rings. The predicted octanol–water partition coefficient (Wildman–Crippen LogP) is 0.870. The lowest BCUT2D eigenvalue weighted by Crippen LogP contribution is -2.54. The standard InChI is InChI=1S/C17H26N2O5/c20-15-9-12(10-19(15)13-5-3-1-2-4-6-13)16(21)18-7-8-24-11-14(18)17(22)23/h12-14H,1-11H2,(H,22,23)/t12-,14-/m1/s1. The van der Waals surface area contributed by atoms with E-state index < -0.39 is 17.9 Å². The van der Waals surface area contributed by atoms with Gasteiger partial charge in [0.1, 0.15) is 0 Å². The van der Waals surface area contributed by atoms with Gasteiger partial charge in [0.05, 0.1) is 19.1 Å². The highest BCUT2D eigenvalue weighted by Crippen LogP contribution is 2.29. The Morgan fingerprint density at radius 2 is 1.83 bits per heavy atom. The molecule has 2 aliphatic heterocycles. The van der Waals surface area contributed by atoms with Crippen LogP contribution in [0.2, 0.25) is 0 Å². The van der Waals surface area contributed by atoms with Crippen molar-refractivity contribution in [2.75, 3.05) is 26.3 Å². The quantitative estimate of drug-likeness (QED) is 0.772. The molecule has 0 aromatic rings. The van der Waals surface area contributed by atoms with Gasteiger partial charge >= 0.3 is 5.97 Å². The van der Waals surface area contributed by atoms with Crippen molar-refractivity contribution in [2.24, 2.45) is 5.92 Å². The minimum absolute atomic E-state index is 0.0219. The second kappa shape index (κ2) is 7.51. The van der Waals surface area contributed by atoms with E-state index in [0.717, 1.165) is 25.7 Å². The normalized spacial score (nSPS) is 29.6. The SMILES string of the molecule is O=C(O)[C@H]1COCCN1C(=O)[C@@H]1CC(=O)N(C2CCCCCC2)C1. The highest BCUT2D eigenvalue weighted by atomic mass is 16.5. The number of carbonyl (C=O) groups excluding carboxylic acids is 2. The van der Waals surface area contributed by atoms with Crippen LogP contribution in [0.4, 0.5) is 0 Å². The maximum absolute atomic E-state index is 12.8. The summed E-state index contributed by atoms with van der Waals surface area (Å²) in [5, 5.41) is 9.29. The molecule has 7 heteroatoms. The number of ether oxygens (including phenoxy) is 1. The molecule has 0 unspecified atom stereocenters. The Bertz CT molecular complexity index is 501. The zero-order chi connectivity index (χ0) is 17.1. The van der Waals surface area contributed by atoms with Gasteiger partial charge in [0.2, 0.25) is 11.8 Å². The van der Waals surface area contributed by atoms with Gasteiger partial charge in [-0.25, -0.2) is 4.79 Å². The number of hydrogen-bond acceptors (Lipinski definition) is 4. The zero-order valence-corrected chi connectivity index (χ0v) is 14.0. The van der Waals surface area contributed by atoms with E-state index >= 15 is 0 Å². The minimum Gasteiger partial charge on any atom is -0.480 e. The van der Waals surface area contributed by atoms with Crippen molar-refractivity contribution >= 4 is 17.8 Å². The van der Waals surface area contributed by atoms with Crippen LogP contribution in [0, 0.1) is 5.92 Å². The summed E-state index contributed by atoms with van der Waals surface area (Å²) in [7, 11) is 0. The van der Waals surface area contributed by atoms with Crippen molar-refractivity contribution in [3.05, 3.63) is 0 Å². The third kappa shape index (κ3) is 3.55. The third-order valence-corrected chi connectivity index (χ3v) is 5.47. The first-order valence-corrected chi connectivity index (χ1v) is 8.98. The molecule has 3 rings (SSSR count). The first-order chi connectivity index (χ1) is 11.6. The average Bonchev–Trinajstić information content (AvgIpc) is 2.80. The summed E-state index contributed by atoms with van der Waals surface area (Å²) in [6, 6.07) is -0.689. The number of amides is 2. The molecule has 0 bridgehead atoms. The van der Waals surface area contributed by atoms with Crippen LogP contribution in [0.25, 0.3) is 0 Å². The maximum Gasteiger partial charge on any atom is 0.328 e. The summed E-state index contributed by atoms with van der Waals surface area (Å²) >= 11 is 0. The summed E-state index contributed by atoms with van der Waals surface area (Å²) in [5.41, 5.74) is 0. The van der Waals surface area contributed by atoms with Gasteiger partial charge in [-0.2, -0.15) is 0 Å². The van der Waals surface area contributed by atoms with Crippen molar-refractivity contribution in [1.29, 1.82) is 0 Å². The molecule has 134 valence electrons. The van der Waals surface area contributed by atoms with Gasteiger partial charge in [0, 0.05) is 25.6 Å². The van der Waals surface area contributed by atoms with Gasteiger partial charge in [-0.1, -0.05) is 25.7 Å². The molecule has 2 amide bonds. The van der Waals surface area contributed by atoms with Crippen LogP contribution in [-0.2, 0) is 19.1 Å². The lowest BCUT2D eigenvalue weighted by Gasteiger charge is -2.34. The molecule has 1 aliphatic carbocycles. The van der Waals surface area contributed by atoms with Crippen LogP contribution in [0.3, 0.4) is 0 Å². The highest BCUT2D eigenvalue weighted by molar-refractivity contribution is 5.91. The highest BCUT2D eigenvalue weighted by Gasteiger charge is 2.42. The Morgan fingerprint density at radius 3 is 2.50 bits per heavy atom. The smallest absolute Gasteiger partial charge is 0.328 e. The molecule has 1 saturated carbocycles. The molecule has 3 aliphatic rings. The second-order valence-electron chi connectivity index (χ2n) is 7.05. The number of carboxylic acid groups (broad SMARTS) is 1. The van der Waals surface area contributed by atoms with E-state index in [1.54, 1.807) is 0 Å². The molecule has 2 saturated heterocycles. The summed E-state index contributed by atoms with van der Waals surface area (Å²) in [4.78, 5) is 39.8. The van der Waals surface area contributed by atoms with Crippen molar-refractivity contribution in [3.8, 4) is 0 Å². The van der Waals surface area contributed by atoms with Crippen LogP contribution >= 0.6 is 0 Å². The monoisotopic (exact) mass is 338 g/mol. The average molecular weight is 338 g/mol. The Hall–Kier alpha value is -1.63. The van der Waals surface area contributed by atoms with E-state index in [-0.39, 0.29) is 37.4 Å². The van der Waals surface area contributed by atoms with Crippen LogP contribution in [0.1, 0.15) is 44.9 Å². The van der Waals surface area contributed by atoms with Crippen molar-refractivity contribution < 1.29 is 24.2 Å². The number of nitrogens with zero attached hydrogens (tertiary/aromatic N) is 2. The van der Waals surface area contributed by atoms with Gasteiger partial charge in [-0.15, -0.1) is 0 Å². The van der Waals surface area contributed by atoms with E-state index in [9.17, 15) is 19.5 Å². The molecular weight excluding hydrogens is 312 g/mol. The van der Waals surface area contributed by atoms with Crippen LogP contribution < -0.4 is 0 Å². The Morgan fingerprint density at radius 1 is 1.12 bits per heavy atom. The number of carboxylic acids is 1. The number of likely N-dealkylation sites (tertiary alicyclic amines) is 1. The minimum atomic E-state index is -1.05. The molecule has 0 aromatic heterocycles. The molecule has 2 heterocycles. The van der Waals surface area contributed by atoms with E-state index in [1.807, 2.05) is 4.90 Å². The van der Waals surface area contributed by atoms with Crippen molar-refractivity contribution in [3.63, 3.8) is 0 Å². The van der Waals surface area contributed by atoms with Crippen molar-refractivity contribution in [1.82, 2.24) is 9.80 Å². The molecule has 7 nitrogen and oxygen atoms in total. The fraction of sp³-hybridized carbons (Fsp3) is 0.824. The fourth-order valence-electron chi connectivity index (χ4n) is 4.13. The number of rotatable bonds is 3. The summed E-state index contributed by atoms with van der Waals surface area (Å²) in [5.74, 6) is -1.63. The van der Waals surface area contributed by atoms with Gasteiger partial charge in [-0.3, -0.25) is 9.59 Å². The molecule has 0 aromatic carbocycles. The van der Waals surface area contributed by atoms with Gasteiger partial charge in [0.25, 0.3) is 0 Å². The third-order valence-electron chi connectivity index (χ3n) is 5.47. The van der Waals surface area contributed by atoms with E-state index in [2.05, 4.69) is 0 Å². The van der Waals surface area contributed by atoms with E-state index in [0.29, 0.717) is 13.2 Å². The van der Waals surface area contributed by atoms with Gasteiger partial charge < -0.3 is 19.6 Å². The van der Waals surface area contributed by atoms with Gasteiger partial charge in [-0.05, 0) is 12.8 Å². The van der Waals surface area contributed by atoms with E-state index in [1.165, 1.54) is 17.7 Å². The van der Waals surface area contributed by atoms with Gasteiger partial charge in [0.15, 0.2) is 6.04 Å². The van der Waals surface area contributed by atoms with Crippen LogP contribution in [0.5, 0.6) is 0 Å². The van der Waals surface area contributed by atoms with E-state index in [4.69, 9.17) is 4.74 Å². The number of hydrogen-bond donors (Lipinski definition) is 1. The number of carbonyl (C=O) groups is 3. The fourth-order valence-corrected chi connectivity index (χ4v) is 4.13. The first-order valence-electron chi connectivity index (χ1n) is 8.98. The lowest BCUT2D eigenvalue weighted by atomic mass is 10.0. The van der Waals surface area contributed by atoms with Crippen LogP contribution in [-0.4, -0.2) is 71.1 Å². The maximum atomic E-state index is 12.8.